The summed E-state index contributed by atoms with van der Waals surface area (Å²) in [4.78, 5) is 12.0. The lowest BCUT2D eigenvalue weighted by Gasteiger charge is -2.18. The van der Waals surface area contributed by atoms with Gasteiger partial charge in [0.15, 0.2) is 0 Å². The van der Waals surface area contributed by atoms with Crippen LogP contribution in [0.25, 0.3) is 0 Å². The van der Waals surface area contributed by atoms with Crippen LogP contribution >= 0.6 is 0 Å². The van der Waals surface area contributed by atoms with Gasteiger partial charge in [-0.15, -0.1) is 0 Å². The SMILES string of the molecule is COc1ccc(NC(=O)N[C@@H](CCO)C2CC2)cc1C. The number of hydrogen-bond acceptors (Lipinski definition) is 3. The Hall–Kier alpha value is -1.75. The van der Waals surface area contributed by atoms with Gasteiger partial charge in [0.05, 0.1) is 7.11 Å². The summed E-state index contributed by atoms with van der Waals surface area (Å²) in [6.07, 6.45) is 2.87. The monoisotopic (exact) mass is 278 g/mol. The van der Waals surface area contributed by atoms with Gasteiger partial charge < -0.3 is 20.5 Å². The van der Waals surface area contributed by atoms with E-state index in [9.17, 15) is 4.79 Å². The number of aliphatic hydroxyl groups excluding tert-OH is 1. The average Bonchev–Trinajstić information content (AvgIpc) is 3.22. The van der Waals surface area contributed by atoms with Crippen molar-refractivity contribution in [2.45, 2.75) is 32.2 Å². The van der Waals surface area contributed by atoms with E-state index in [0.717, 1.165) is 29.8 Å². The second-order valence-corrected chi connectivity index (χ2v) is 5.24. The summed E-state index contributed by atoms with van der Waals surface area (Å²) >= 11 is 0. The van der Waals surface area contributed by atoms with Crippen LogP contribution in [-0.2, 0) is 0 Å². The molecule has 0 bridgehead atoms. The molecule has 5 heteroatoms. The molecule has 1 atom stereocenters. The number of carbonyl (C=O) groups is 1. The maximum Gasteiger partial charge on any atom is 0.319 e. The zero-order valence-corrected chi connectivity index (χ0v) is 12.0. The number of benzene rings is 1. The van der Waals surface area contributed by atoms with Crippen LogP contribution in [0.2, 0.25) is 0 Å². The maximum absolute atomic E-state index is 12.0. The number of aryl methyl sites for hydroxylation is 1. The second-order valence-electron chi connectivity index (χ2n) is 5.24. The minimum Gasteiger partial charge on any atom is -0.496 e. The molecule has 2 rings (SSSR count). The highest BCUT2D eigenvalue weighted by Gasteiger charge is 2.31. The molecule has 20 heavy (non-hydrogen) atoms. The molecule has 0 aromatic heterocycles. The summed E-state index contributed by atoms with van der Waals surface area (Å²) < 4.78 is 5.19. The number of hydrogen-bond donors (Lipinski definition) is 3. The number of carbonyl (C=O) groups excluding carboxylic acids is 1. The third-order valence-electron chi connectivity index (χ3n) is 3.60. The fourth-order valence-corrected chi connectivity index (χ4v) is 2.36. The number of amides is 2. The standard InChI is InChI=1S/C15H22N2O3/c1-10-9-12(5-6-14(10)20-2)16-15(19)17-13(7-8-18)11-3-4-11/h5-6,9,11,13,18H,3-4,7-8H2,1-2H3,(H2,16,17,19)/t13-/m0/s1. The van der Waals surface area contributed by atoms with Crippen molar-refractivity contribution in [1.29, 1.82) is 0 Å². The van der Waals surface area contributed by atoms with Crippen LogP contribution in [0.4, 0.5) is 10.5 Å². The van der Waals surface area contributed by atoms with Crippen molar-refractivity contribution in [1.82, 2.24) is 5.32 Å². The van der Waals surface area contributed by atoms with Crippen LogP contribution in [0.3, 0.4) is 0 Å². The van der Waals surface area contributed by atoms with Gasteiger partial charge in [-0.25, -0.2) is 4.79 Å². The predicted molar refractivity (Wildman–Crippen MR) is 78.1 cm³/mol. The zero-order valence-electron chi connectivity index (χ0n) is 12.0. The van der Waals surface area contributed by atoms with Crippen LogP contribution in [0, 0.1) is 12.8 Å². The Labute approximate surface area is 119 Å². The van der Waals surface area contributed by atoms with Crippen LogP contribution in [-0.4, -0.2) is 30.9 Å². The van der Waals surface area contributed by atoms with Gasteiger partial charge in [-0.2, -0.15) is 0 Å². The fraction of sp³-hybridized carbons (Fsp3) is 0.533. The van der Waals surface area contributed by atoms with Crippen LogP contribution < -0.4 is 15.4 Å². The van der Waals surface area contributed by atoms with E-state index in [-0.39, 0.29) is 18.7 Å². The van der Waals surface area contributed by atoms with E-state index in [1.807, 2.05) is 25.1 Å². The molecule has 1 aromatic carbocycles. The predicted octanol–water partition coefficient (Wildman–Crippen LogP) is 2.29. The average molecular weight is 278 g/mol. The molecule has 0 saturated heterocycles. The van der Waals surface area contributed by atoms with Gasteiger partial charge >= 0.3 is 6.03 Å². The minimum atomic E-state index is -0.222. The Bertz CT molecular complexity index is 472. The van der Waals surface area contributed by atoms with E-state index < -0.39 is 0 Å². The molecule has 110 valence electrons. The lowest BCUT2D eigenvalue weighted by molar-refractivity contribution is 0.234. The first kappa shape index (κ1) is 14.7. The van der Waals surface area contributed by atoms with Crippen molar-refractivity contribution in [3.05, 3.63) is 23.8 Å². The van der Waals surface area contributed by atoms with E-state index in [4.69, 9.17) is 9.84 Å². The molecule has 1 aromatic rings. The Balaban J connectivity index is 1.91. The molecule has 1 fully saturated rings. The number of anilines is 1. The zero-order chi connectivity index (χ0) is 14.5. The molecule has 1 aliphatic carbocycles. The highest BCUT2D eigenvalue weighted by Crippen LogP contribution is 2.34. The van der Waals surface area contributed by atoms with Crippen LogP contribution in [0.15, 0.2) is 18.2 Å². The molecule has 5 nitrogen and oxygen atoms in total. The summed E-state index contributed by atoms with van der Waals surface area (Å²) in [5.74, 6) is 1.32. The Kier molecular flexibility index (Phi) is 4.84. The highest BCUT2D eigenvalue weighted by molar-refractivity contribution is 5.89. The molecule has 0 radical (unpaired) electrons. The molecule has 0 spiro atoms. The largest absolute Gasteiger partial charge is 0.496 e. The van der Waals surface area contributed by atoms with Crippen molar-refractivity contribution < 1.29 is 14.6 Å². The van der Waals surface area contributed by atoms with Gasteiger partial charge in [0.25, 0.3) is 0 Å². The minimum absolute atomic E-state index is 0.0688. The summed E-state index contributed by atoms with van der Waals surface area (Å²) in [5.41, 5.74) is 1.71. The summed E-state index contributed by atoms with van der Waals surface area (Å²) in [5, 5.41) is 14.8. The van der Waals surface area contributed by atoms with Gasteiger partial charge in [0.2, 0.25) is 0 Å². The van der Waals surface area contributed by atoms with Crippen molar-refractivity contribution in [2.24, 2.45) is 5.92 Å². The Morgan fingerprint density at radius 1 is 1.50 bits per heavy atom. The second kappa shape index (κ2) is 6.61. The van der Waals surface area contributed by atoms with Crippen molar-refractivity contribution >= 4 is 11.7 Å². The van der Waals surface area contributed by atoms with Crippen molar-refractivity contribution in [2.75, 3.05) is 19.0 Å². The molecular weight excluding hydrogens is 256 g/mol. The normalized spacial score (nSPS) is 15.6. The molecule has 3 N–H and O–H groups in total. The maximum atomic E-state index is 12.0. The molecule has 0 unspecified atom stereocenters. The fourth-order valence-electron chi connectivity index (χ4n) is 2.36. The summed E-state index contributed by atoms with van der Waals surface area (Å²) in [6.45, 7) is 2.03. The first-order chi connectivity index (χ1) is 9.63. The lowest BCUT2D eigenvalue weighted by atomic mass is 10.1. The van der Waals surface area contributed by atoms with Crippen LogP contribution in [0.5, 0.6) is 5.75 Å². The number of nitrogens with one attached hydrogen (secondary N) is 2. The van der Waals surface area contributed by atoms with Gasteiger partial charge in [-0.3, -0.25) is 0 Å². The molecule has 1 aliphatic rings. The molecule has 0 heterocycles. The number of methoxy groups -OCH3 is 1. The Morgan fingerprint density at radius 3 is 2.80 bits per heavy atom. The van der Waals surface area contributed by atoms with Gasteiger partial charge in [0, 0.05) is 18.3 Å². The number of urea groups is 1. The first-order valence-electron chi connectivity index (χ1n) is 6.97. The van der Waals surface area contributed by atoms with E-state index in [1.54, 1.807) is 7.11 Å². The van der Waals surface area contributed by atoms with Crippen molar-refractivity contribution in [3.8, 4) is 5.75 Å². The quantitative estimate of drug-likeness (QED) is 0.747. The van der Waals surface area contributed by atoms with Gasteiger partial charge in [-0.1, -0.05) is 0 Å². The van der Waals surface area contributed by atoms with E-state index >= 15 is 0 Å². The van der Waals surface area contributed by atoms with E-state index in [2.05, 4.69) is 10.6 Å². The number of ether oxygens (including phenoxy) is 1. The molecule has 1 saturated carbocycles. The molecule has 2 amide bonds. The number of aliphatic hydroxyl groups is 1. The highest BCUT2D eigenvalue weighted by atomic mass is 16.5. The number of rotatable bonds is 6. The summed E-state index contributed by atoms with van der Waals surface area (Å²) in [6, 6.07) is 5.36. The third kappa shape index (κ3) is 3.87. The smallest absolute Gasteiger partial charge is 0.319 e. The van der Waals surface area contributed by atoms with Crippen molar-refractivity contribution in [3.63, 3.8) is 0 Å². The third-order valence-corrected chi connectivity index (χ3v) is 3.60. The van der Waals surface area contributed by atoms with Gasteiger partial charge in [0.1, 0.15) is 5.75 Å². The van der Waals surface area contributed by atoms with E-state index in [1.165, 1.54) is 0 Å². The van der Waals surface area contributed by atoms with Gasteiger partial charge in [-0.05, 0) is 55.9 Å². The first-order valence-corrected chi connectivity index (χ1v) is 6.97. The van der Waals surface area contributed by atoms with E-state index in [0.29, 0.717) is 12.3 Å². The molecule has 0 aliphatic heterocycles. The lowest BCUT2D eigenvalue weighted by Crippen LogP contribution is -2.39. The summed E-state index contributed by atoms with van der Waals surface area (Å²) in [7, 11) is 1.62. The van der Waals surface area contributed by atoms with Crippen LogP contribution in [0.1, 0.15) is 24.8 Å². The molecular formula is C15H22N2O3. The Morgan fingerprint density at radius 2 is 2.25 bits per heavy atom. The topological polar surface area (TPSA) is 70.6 Å².